The molecule has 0 spiro atoms. The van der Waals surface area contributed by atoms with Crippen LogP contribution in [-0.4, -0.2) is 66.0 Å². The second-order valence-corrected chi connectivity index (χ2v) is 10.4. The zero-order valence-corrected chi connectivity index (χ0v) is 22.4. The van der Waals surface area contributed by atoms with Crippen molar-refractivity contribution < 1.29 is 13.9 Å². The van der Waals surface area contributed by atoms with Gasteiger partial charge in [-0.1, -0.05) is 18.2 Å². The third kappa shape index (κ3) is 4.65. The van der Waals surface area contributed by atoms with Gasteiger partial charge in [-0.2, -0.15) is 5.10 Å². The van der Waals surface area contributed by atoms with E-state index in [1.807, 2.05) is 17.0 Å². The number of anilines is 3. The summed E-state index contributed by atoms with van der Waals surface area (Å²) in [6, 6.07) is 9.88. The van der Waals surface area contributed by atoms with Gasteiger partial charge in [0.15, 0.2) is 11.5 Å². The van der Waals surface area contributed by atoms with E-state index in [0.29, 0.717) is 47.3 Å². The van der Waals surface area contributed by atoms with E-state index in [2.05, 4.69) is 36.8 Å². The third-order valence-corrected chi connectivity index (χ3v) is 7.71. The number of piperidine rings is 1. The largest absolute Gasteiger partial charge is 0.455 e. The molecule has 0 aliphatic carbocycles. The van der Waals surface area contributed by atoms with Gasteiger partial charge in [0.25, 0.3) is 0 Å². The van der Waals surface area contributed by atoms with E-state index in [1.54, 1.807) is 22.8 Å². The van der Waals surface area contributed by atoms with Gasteiger partial charge in [-0.05, 0) is 42.7 Å². The van der Waals surface area contributed by atoms with E-state index in [1.165, 1.54) is 30.9 Å². The van der Waals surface area contributed by atoms with E-state index in [4.69, 9.17) is 21.3 Å². The fourth-order valence-electron chi connectivity index (χ4n) is 5.55. The normalized spacial score (nSPS) is 18.2. The number of hydrogen-bond acceptors (Lipinski definition) is 9. The molecular weight excluding hydrogens is 549 g/mol. The second kappa shape index (κ2) is 9.97. The van der Waals surface area contributed by atoms with Crippen molar-refractivity contribution in [1.29, 1.82) is 0 Å². The van der Waals surface area contributed by atoms with Crippen molar-refractivity contribution in [3.8, 4) is 11.5 Å². The van der Waals surface area contributed by atoms with Gasteiger partial charge in [0.2, 0.25) is 5.91 Å². The van der Waals surface area contributed by atoms with Crippen molar-refractivity contribution in [2.75, 3.05) is 29.9 Å². The lowest BCUT2D eigenvalue weighted by atomic mass is 10.00. The van der Waals surface area contributed by atoms with E-state index in [-0.39, 0.29) is 28.4 Å². The summed E-state index contributed by atoms with van der Waals surface area (Å²) in [6.45, 7) is 5.79. The van der Waals surface area contributed by atoms with Crippen molar-refractivity contribution >= 4 is 51.5 Å². The summed E-state index contributed by atoms with van der Waals surface area (Å²) in [5.41, 5.74) is 1.78. The Morgan fingerprint density at radius 2 is 2.02 bits per heavy atom. The first kappa shape index (κ1) is 25.1. The Balaban J connectivity index is 1.15. The Kier molecular flexibility index (Phi) is 6.11. The minimum absolute atomic E-state index is 0.0424. The molecule has 41 heavy (non-hydrogen) atoms. The molecule has 2 fully saturated rings. The Labute approximate surface area is 238 Å². The van der Waals surface area contributed by atoms with Gasteiger partial charge in [0.1, 0.15) is 41.3 Å². The van der Waals surface area contributed by atoms with Crippen LogP contribution in [-0.2, 0) is 4.79 Å². The van der Waals surface area contributed by atoms with Gasteiger partial charge in [-0.3, -0.25) is 4.79 Å². The van der Waals surface area contributed by atoms with E-state index >= 15 is 4.39 Å². The zero-order chi connectivity index (χ0) is 28.1. The van der Waals surface area contributed by atoms with Gasteiger partial charge in [-0.25, -0.2) is 28.8 Å². The molecule has 0 unspecified atom stereocenters. The number of amides is 1. The number of ether oxygens (including phenoxy) is 1. The van der Waals surface area contributed by atoms with Gasteiger partial charge < -0.3 is 19.9 Å². The smallest absolute Gasteiger partial charge is 0.246 e. The first-order valence-electron chi connectivity index (χ1n) is 13.0. The number of hydrogen-bond donors (Lipinski definition) is 1. The number of rotatable bonds is 6. The molecule has 2 aliphatic rings. The lowest BCUT2D eigenvalue weighted by molar-refractivity contribution is -0.126. The van der Waals surface area contributed by atoms with Crippen LogP contribution >= 0.6 is 11.6 Å². The molecule has 2 atom stereocenters. The van der Waals surface area contributed by atoms with Crippen LogP contribution in [0.5, 0.6) is 11.5 Å². The summed E-state index contributed by atoms with van der Waals surface area (Å²) in [7, 11) is 0. The average Bonchev–Trinajstić information content (AvgIpc) is 3.57. The number of halogens is 2. The molecule has 11 nitrogen and oxygen atoms in total. The van der Waals surface area contributed by atoms with Crippen LogP contribution in [0.1, 0.15) is 6.42 Å². The monoisotopic (exact) mass is 571 g/mol. The van der Waals surface area contributed by atoms with Crippen molar-refractivity contribution in [1.82, 2.24) is 34.4 Å². The van der Waals surface area contributed by atoms with Crippen LogP contribution in [0.15, 0.2) is 67.9 Å². The predicted octanol–water partition coefficient (Wildman–Crippen LogP) is 4.62. The molecule has 5 aromatic rings. The molecule has 0 saturated carbocycles. The van der Waals surface area contributed by atoms with Crippen molar-refractivity contribution in [2.45, 2.75) is 12.5 Å². The van der Waals surface area contributed by atoms with Crippen LogP contribution in [0.4, 0.5) is 21.7 Å². The Hall–Kier alpha value is -4.84. The lowest BCUT2D eigenvalue weighted by Gasteiger charge is -2.33. The number of carbonyl (C=O) groups is 1. The molecule has 7 rings (SSSR count). The number of likely N-dealkylation sites (tertiary alicyclic amines) is 1. The van der Waals surface area contributed by atoms with Crippen LogP contribution in [0, 0.1) is 11.7 Å². The van der Waals surface area contributed by atoms with E-state index < -0.39 is 5.82 Å². The highest BCUT2D eigenvalue weighted by atomic mass is 35.5. The Morgan fingerprint density at radius 1 is 1.12 bits per heavy atom. The Bertz CT molecular complexity index is 1830. The first-order chi connectivity index (χ1) is 19.9. The quantitative estimate of drug-likeness (QED) is 0.292. The topological polar surface area (TPSA) is 114 Å². The molecule has 6 heterocycles. The summed E-state index contributed by atoms with van der Waals surface area (Å²) >= 11 is 6.48. The number of pyridine rings is 2. The first-order valence-corrected chi connectivity index (χ1v) is 13.4. The molecule has 2 aliphatic heterocycles. The molecule has 2 bridgehead atoms. The summed E-state index contributed by atoms with van der Waals surface area (Å²) < 4.78 is 22.7. The van der Waals surface area contributed by atoms with Gasteiger partial charge >= 0.3 is 0 Å². The van der Waals surface area contributed by atoms with E-state index in [9.17, 15) is 4.79 Å². The fourth-order valence-corrected chi connectivity index (χ4v) is 5.75. The van der Waals surface area contributed by atoms with Crippen LogP contribution in [0.3, 0.4) is 0 Å². The highest BCUT2D eigenvalue weighted by Crippen LogP contribution is 2.36. The molecule has 206 valence electrons. The number of carbonyl (C=O) groups excluding carboxylic acids is 1. The second-order valence-electron chi connectivity index (χ2n) is 10.0. The maximum Gasteiger partial charge on any atom is 0.246 e. The number of nitrogens with one attached hydrogen (secondary N) is 1. The SMILES string of the molecule is C=CC(=O)N1C[C@H]2C[C@@H]1CN(c1ccc3ncnc(Nc4cc(Cl)c(Oc5ccn6ncnc6c5)cc4F)c3n1)C2. The molecular formula is C28H23ClFN9O2. The predicted molar refractivity (Wildman–Crippen MR) is 151 cm³/mol. The van der Waals surface area contributed by atoms with E-state index in [0.717, 1.165) is 18.8 Å². The van der Waals surface area contributed by atoms with Gasteiger partial charge in [0, 0.05) is 44.0 Å². The number of nitrogens with zero attached hydrogens (tertiary/aromatic N) is 8. The lowest BCUT2D eigenvalue weighted by Crippen LogP contribution is -2.44. The summed E-state index contributed by atoms with van der Waals surface area (Å²) in [5, 5.41) is 7.27. The van der Waals surface area contributed by atoms with Gasteiger partial charge in [-0.15, -0.1) is 0 Å². The maximum absolute atomic E-state index is 15.3. The van der Waals surface area contributed by atoms with Gasteiger partial charge in [0.05, 0.1) is 16.2 Å². The van der Waals surface area contributed by atoms with Crippen molar-refractivity contribution in [3.63, 3.8) is 0 Å². The zero-order valence-electron chi connectivity index (χ0n) is 21.6. The standard InChI is InChI=1S/C28H23ClFN9O2/c1-2-26(40)38-12-16-7-17(38)13-37(11-16)24-4-3-21-27(36-24)28(33-14-31-21)35-22-9-19(29)23(10-20(22)30)41-18-5-6-39-25(8-18)32-15-34-39/h2-6,8-10,14-17H,1,7,11-13H2,(H,31,33,35)/t16-,17+/m0/s1. The molecule has 0 radical (unpaired) electrons. The molecule has 1 amide bonds. The fraction of sp³-hybridized carbons (Fsp3) is 0.214. The molecule has 2 saturated heterocycles. The minimum Gasteiger partial charge on any atom is -0.455 e. The third-order valence-electron chi connectivity index (χ3n) is 7.41. The average molecular weight is 572 g/mol. The number of benzene rings is 1. The number of aromatic nitrogens is 6. The molecule has 4 aromatic heterocycles. The van der Waals surface area contributed by atoms with Crippen LogP contribution in [0.2, 0.25) is 5.02 Å². The summed E-state index contributed by atoms with van der Waals surface area (Å²) in [5.74, 6) is 1.39. The van der Waals surface area contributed by atoms with Crippen molar-refractivity contribution in [3.05, 3.63) is 78.7 Å². The summed E-state index contributed by atoms with van der Waals surface area (Å²) in [4.78, 5) is 34.0. The number of fused-ring (bicyclic) bond motifs is 4. The molecule has 13 heteroatoms. The molecule has 1 aromatic carbocycles. The van der Waals surface area contributed by atoms with Crippen LogP contribution < -0.4 is 15.0 Å². The van der Waals surface area contributed by atoms with Crippen molar-refractivity contribution in [2.24, 2.45) is 5.92 Å². The molecule has 1 N–H and O–H groups in total. The van der Waals surface area contributed by atoms with Crippen LogP contribution in [0.25, 0.3) is 16.7 Å². The Morgan fingerprint density at radius 3 is 2.90 bits per heavy atom. The maximum atomic E-state index is 15.3. The highest BCUT2D eigenvalue weighted by molar-refractivity contribution is 6.32. The minimum atomic E-state index is -0.588. The summed E-state index contributed by atoms with van der Waals surface area (Å²) in [6.07, 6.45) is 6.84. The highest BCUT2D eigenvalue weighted by Gasteiger charge is 2.40.